The van der Waals surface area contributed by atoms with Crippen LogP contribution in [0.5, 0.6) is 0 Å². The lowest BCUT2D eigenvalue weighted by Gasteiger charge is -2.39. The molecule has 0 amide bonds. The van der Waals surface area contributed by atoms with Crippen molar-refractivity contribution in [3.8, 4) is 33.4 Å². The van der Waals surface area contributed by atoms with Crippen molar-refractivity contribution in [2.24, 2.45) is 0 Å². The Hall–Kier alpha value is -4.82. The summed E-state index contributed by atoms with van der Waals surface area (Å²) in [6.07, 6.45) is 0. The van der Waals surface area contributed by atoms with Crippen LogP contribution in [0.1, 0.15) is 0 Å². The molecule has 2 heteroatoms. The van der Waals surface area contributed by atoms with E-state index >= 15 is 0 Å². The minimum atomic E-state index is 0.0770. The third-order valence-electron chi connectivity index (χ3n) is 7.53. The molecule has 0 spiro atoms. The van der Waals surface area contributed by atoms with Crippen molar-refractivity contribution < 1.29 is 0 Å². The maximum atomic E-state index is 2.49. The number of hydrogen-bond acceptors (Lipinski definition) is 1. The average Bonchev–Trinajstić information content (AvgIpc) is 3.01. The van der Waals surface area contributed by atoms with Gasteiger partial charge in [-0.15, -0.1) is 0 Å². The van der Waals surface area contributed by atoms with Gasteiger partial charge in [-0.3, -0.25) is 0 Å². The molecule has 1 aliphatic rings. The van der Waals surface area contributed by atoms with Crippen LogP contribution in [0.25, 0.3) is 33.4 Å². The molecule has 0 saturated carbocycles. The van der Waals surface area contributed by atoms with Crippen molar-refractivity contribution in [2.75, 3.05) is 4.81 Å². The van der Waals surface area contributed by atoms with Gasteiger partial charge in [0.05, 0.1) is 0 Å². The van der Waals surface area contributed by atoms with Gasteiger partial charge in [-0.25, -0.2) is 0 Å². The highest BCUT2D eigenvalue weighted by molar-refractivity contribution is 6.90. The van der Waals surface area contributed by atoms with E-state index in [4.69, 9.17) is 0 Å². The number of fused-ring (bicyclic) bond motifs is 3. The Morgan fingerprint density at radius 2 is 0.947 bits per heavy atom. The third-order valence-corrected chi connectivity index (χ3v) is 7.53. The summed E-state index contributed by atoms with van der Waals surface area (Å²) in [6.45, 7) is 0.0770. The van der Waals surface area contributed by atoms with Gasteiger partial charge in [0.2, 0.25) is 0 Å². The largest absolute Gasteiger partial charge is 0.376 e. The fourth-order valence-corrected chi connectivity index (χ4v) is 5.74. The fraction of sp³-hybridized carbons (Fsp3) is 0. The lowest BCUT2D eigenvalue weighted by molar-refractivity contribution is 1.36. The van der Waals surface area contributed by atoms with Crippen LogP contribution in [0.2, 0.25) is 0 Å². The normalized spacial score (nSPS) is 12.1. The number of hydrogen-bond donors (Lipinski definition) is 0. The Morgan fingerprint density at radius 3 is 1.68 bits per heavy atom. The van der Waals surface area contributed by atoms with Gasteiger partial charge in [-0.05, 0) is 57.5 Å². The minimum absolute atomic E-state index is 0.0770. The Balaban J connectivity index is 1.33. The second-order valence-electron chi connectivity index (χ2n) is 9.78. The average molecular weight is 483 g/mol. The van der Waals surface area contributed by atoms with Gasteiger partial charge < -0.3 is 4.81 Å². The summed E-state index contributed by atoms with van der Waals surface area (Å²) in [5, 5.41) is 0. The second kappa shape index (κ2) is 9.57. The molecule has 0 atom stereocenters. The zero-order valence-electron chi connectivity index (χ0n) is 21.0. The Kier molecular flexibility index (Phi) is 5.64. The van der Waals surface area contributed by atoms with Gasteiger partial charge in [-0.1, -0.05) is 139 Å². The van der Waals surface area contributed by atoms with Gasteiger partial charge in [0.15, 0.2) is 0 Å². The molecule has 178 valence electrons. The van der Waals surface area contributed by atoms with Crippen molar-refractivity contribution in [3.05, 3.63) is 158 Å². The molecule has 38 heavy (non-hydrogen) atoms. The zero-order chi connectivity index (χ0) is 25.3. The second-order valence-corrected chi connectivity index (χ2v) is 9.78. The highest BCUT2D eigenvalue weighted by Gasteiger charge is 2.36. The third kappa shape index (κ3) is 3.92. The molecule has 1 aliphatic heterocycles. The van der Waals surface area contributed by atoms with Crippen LogP contribution in [-0.2, 0) is 0 Å². The first-order chi connectivity index (χ1) is 18.9. The molecule has 1 heterocycles. The summed E-state index contributed by atoms with van der Waals surface area (Å²) in [6, 6.07) is 56.9. The molecule has 6 aromatic rings. The smallest absolute Gasteiger partial charge is 0.328 e. The van der Waals surface area contributed by atoms with Crippen molar-refractivity contribution >= 4 is 29.1 Å². The van der Waals surface area contributed by atoms with Crippen molar-refractivity contribution in [3.63, 3.8) is 0 Å². The molecule has 0 N–H and O–H groups in total. The molecule has 0 radical (unpaired) electrons. The van der Waals surface area contributed by atoms with Crippen LogP contribution in [0.3, 0.4) is 0 Å². The maximum absolute atomic E-state index is 2.49. The van der Waals surface area contributed by atoms with E-state index in [9.17, 15) is 0 Å². The zero-order valence-corrected chi connectivity index (χ0v) is 21.0. The molecule has 0 saturated heterocycles. The standard InChI is InChI=1S/C36H26BN/c1-3-12-27(13-4-1)29-14-11-15-30(26-29)28-22-24-31(25-23-28)37-35-20-9-7-18-33(35)34-19-8-10-21-36(34)38(37)32-16-5-2-6-17-32/h1-26H. The summed E-state index contributed by atoms with van der Waals surface area (Å²) >= 11 is 0. The SMILES string of the molecule is c1ccc(-c2cccc(-c3ccc(B4c5ccccc5-c5ccccc5N4c4ccccc4)cc3)c2)cc1. The van der Waals surface area contributed by atoms with E-state index in [-0.39, 0.29) is 6.85 Å². The molecule has 0 bridgehead atoms. The molecule has 0 unspecified atom stereocenters. The number of rotatable bonds is 4. The Bertz CT molecular complexity index is 1710. The van der Waals surface area contributed by atoms with Gasteiger partial charge in [-0.2, -0.15) is 0 Å². The van der Waals surface area contributed by atoms with Gasteiger partial charge in [0.1, 0.15) is 0 Å². The highest BCUT2D eigenvalue weighted by atomic mass is 15.1. The molecular weight excluding hydrogens is 457 g/mol. The number of nitrogens with zero attached hydrogens (tertiary/aromatic N) is 1. The number of para-hydroxylation sites is 2. The van der Waals surface area contributed by atoms with Crippen LogP contribution < -0.4 is 15.7 Å². The molecule has 1 nitrogen and oxygen atoms in total. The first kappa shape index (κ1) is 22.4. The van der Waals surface area contributed by atoms with Gasteiger partial charge in [0, 0.05) is 16.9 Å². The minimum Gasteiger partial charge on any atom is -0.376 e. The Morgan fingerprint density at radius 1 is 0.395 bits per heavy atom. The highest BCUT2D eigenvalue weighted by Crippen LogP contribution is 2.39. The Labute approximate surface area is 224 Å². The topological polar surface area (TPSA) is 3.24 Å². The van der Waals surface area contributed by atoms with E-state index in [2.05, 4.69) is 163 Å². The van der Waals surface area contributed by atoms with Crippen LogP contribution >= 0.6 is 0 Å². The van der Waals surface area contributed by atoms with Crippen LogP contribution in [0.4, 0.5) is 11.4 Å². The van der Waals surface area contributed by atoms with Crippen molar-refractivity contribution in [1.29, 1.82) is 0 Å². The fourth-order valence-electron chi connectivity index (χ4n) is 5.74. The number of benzene rings is 6. The maximum Gasteiger partial charge on any atom is 0.328 e. The van der Waals surface area contributed by atoms with E-state index in [1.165, 1.54) is 55.7 Å². The molecule has 7 rings (SSSR count). The predicted octanol–water partition coefficient (Wildman–Crippen LogP) is 7.95. The predicted molar refractivity (Wildman–Crippen MR) is 163 cm³/mol. The lowest BCUT2D eigenvalue weighted by atomic mass is 9.45. The van der Waals surface area contributed by atoms with E-state index in [0.717, 1.165) is 0 Å². The van der Waals surface area contributed by atoms with Crippen molar-refractivity contribution in [1.82, 2.24) is 0 Å². The quantitative estimate of drug-likeness (QED) is 0.230. The lowest BCUT2D eigenvalue weighted by Crippen LogP contribution is -2.57. The van der Waals surface area contributed by atoms with E-state index in [0.29, 0.717) is 0 Å². The molecule has 0 fully saturated rings. The summed E-state index contributed by atoms with van der Waals surface area (Å²) < 4.78 is 0. The molecule has 0 aliphatic carbocycles. The van der Waals surface area contributed by atoms with E-state index < -0.39 is 0 Å². The van der Waals surface area contributed by atoms with Crippen LogP contribution in [-0.4, -0.2) is 6.85 Å². The number of anilines is 2. The first-order valence-corrected chi connectivity index (χ1v) is 13.2. The molecule has 0 aromatic heterocycles. The van der Waals surface area contributed by atoms with Gasteiger partial charge in [0.25, 0.3) is 0 Å². The summed E-state index contributed by atoms with van der Waals surface area (Å²) in [4.78, 5) is 2.49. The molecular formula is C36H26BN. The first-order valence-electron chi connectivity index (χ1n) is 13.2. The summed E-state index contributed by atoms with van der Waals surface area (Å²) in [7, 11) is 0. The summed E-state index contributed by atoms with van der Waals surface area (Å²) in [5.74, 6) is 0. The van der Waals surface area contributed by atoms with E-state index in [1.807, 2.05) is 0 Å². The van der Waals surface area contributed by atoms with Crippen LogP contribution in [0.15, 0.2) is 158 Å². The van der Waals surface area contributed by atoms with E-state index in [1.54, 1.807) is 0 Å². The molecule has 6 aromatic carbocycles. The van der Waals surface area contributed by atoms with Gasteiger partial charge >= 0.3 is 6.85 Å². The van der Waals surface area contributed by atoms with Crippen LogP contribution in [0, 0.1) is 0 Å². The monoisotopic (exact) mass is 483 g/mol. The van der Waals surface area contributed by atoms with Crippen molar-refractivity contribution in [2.45, 2.75) is 0 Å². The summed E-state index contributed by atoms with van der Waals surface area (Å²) in [5.41, 5.74) is 12.5.